The average Bonchev–Trinajstić information content (AvgIpc) is 2.92. The van der Waals surface area contributed by atoms with E-state index in [0.29, 0.717) is 12.2 Å². The monoisotopic (exact) mass is 328 g/mol. The van der Waals surface area contributed by atoms with E-state index in [1.807, 2.05) is 11.0 Å². The summed E-state index contributed by atoms with van der Waals surface area (Å²) >= 11 is 0. The Hall–Kier alpha value is -2.20. The molecule has 128 valence electrons. The minimum absolute atomic E-state index is 0.267. The van der Waals surface area contributed by atoms with Gasteiger partial charge in [-0.2, -0.15) is 5.26 Å². The molecule has 1 amide bonds. The minimum Gasteiger partial charge on any atom is -0.353 e. The molecular formula is C17H24N6O. The van der Waals surface area contributed by atoms with Gasteiger partial charge < -0.3 is 9.80 Å². The number of piperazine rings is 1. The molecule has 2 aliphatic heterocycles. The van der Waals surface area contributed by atoms with Crippen molar-refractivity contribution in [2.24, 2.45) is 0 Å². The number of amides is 1. The highest BCUT2D eigenvalue weighted by atomic mass is 16.2. The van der Waals surface area contributed by atoms with Gasteiger partial charge in [-0.1, -0.05) is 12.8 Å². The molecule has 2 saturated heterocycles. The van der Waals surface area contributed by atoms with Crippen LogP contribution in [0, 0.1) is 11.3 Å². The van der Waals surface area contributed by atoms with Crippen LogP contribution in [0.4, 0.5) is 5.82 Å². The first kappa shape index (κ1) is 16.7. The molecule has 0 N–H and O–H groups in total. The molecule has 0 spiro atoms. The van der Waals surface area contributed by atoms with Gasteiger partial charge in [-0.15, -0.1) is 0 Å². The van der Waals surface area contributed by atoms with E-state index in [1.54, 1.807) is 6.20 Å². The number of nitriles is 1. The van der Waals surface area contributed by atoms with Crippen LogP contribution in [0.3, 0.4) is 0 Å². The van der Waals surface area contributed by atoms with Gasteiger partial charge in [0.05, 0.1) is 18.9 Å². The van der Waals surface area contributed by atoms with Crippen molar-refractivity contribution in [2.45, 2.75) is 25.7 Å². The van der Waals surface area contributed by atoms with Crippen LogP contribution in [0.2, 0.25) is 0 Å². The Bertz CT molecular complexity index is 580. The van der Waals surface area contributed by atoms with E-state index < -0.39 is 0 Å². The molecule has 2 aliphatic rings. The van der Waals surface area contributed by atoms with E-state index in [0.717, 1.165) is 57.9 Å². The Morgan fingerprint density at radius 3 is 2.29 bits per heavy atom. The Morgan fingerprint density at radius 2 is 1.71 bits per heavy atom. The van der Waals surface area contributed by atoms with Crippen molar-refractivity contribution >= 4 is 11.7 Å². The summed E-state index contributed by atoms with van der Waals surface area (Å²) in [4.78, 5) is 27.2. The summed E-state index contributed by atoms with van der Waals surface area (Å²) in [6, 6.07) is 1.98. The zero-order valence-electron chi connectivity index (χ0n) is 14.0. The molecule has 0 atom stereocenters. The predicted octanol–water partition coefficient (Wildman–Crippen LogP) is 0.873. The quantitative estimate of drug-likeness (QED) is 0.819. The highest BCUT2D eigenvalue weighted by molar-refractivity contribution is 5.78. The smallest absolute Gasteiger partial charge is 0.236 e. The molecule has 1 aromatic rings. The lowest BCUT2D eigenvalue weighted by Gasteiger charge is -2.35. The van der Waals surface area contributed by atoms with E-state index in [2.05, 4.69) is 19.8 Å². The molecule has 2 fully saturated rings. The second kappa shape index (κ2) is 8.06. The van der Waals surface area contributed by atoms with E-state index in [9.17, 15) is 4.79 Å². The lowest BCUT2D eigenvalue weighted by molar-refractivity contribution is -0.132. The first-order chi connectivity index (χ1) is 11.8. The van der Waals surface area contributed by atoms with E-state index in [-0.39, 0.29) is 5.91 Å². The molecule has 0 saturated carbocycles. The largest absolute Gasteiger partial charge is 0.353 e. The van der Waals surface area contributed by atoms with Gasteiger partial charge in [-0.3, -0.25) is 9.69 Å². The average molecular weight is 328 g/mol. The number of nitrogens with zero attached hydrogens (tertiary/aromatic N) is 6. The third-order valence-electron chi connectivity index (χ3n) is 4.77. The summed E-state index contributed by atoms with van der Waals surface area (Å²) in [7, 11) is 0. The fourth-order valence-corrected chi connectivity index (χ4v) is 3.29. The molecule has 0 radical (unpaired) electrons. The normalized spacial score (nSPS) is 19.6. The van der Waals surface area contributed by atoms with Crippen molar-refractivity contribution in [3.63, 3.8) is 0 Å². The van der Waals surface area contributed by atoms with Gasteiger partial charge in [-0.25, -0.2) is 9.97 Å². The number of carbonyl (C=O) groups is 1. The fraction of sp³-hybridized carbons (Fsp3) is 0.647. The lowest BCUT2D eigenvalue weighted by atomic mass is 10.2. The summed E-state index contributed by atoms with van der Waals surface area (Å²) in [5.41, 5.74) is 0.334. The Labute approximate surface area is 142 Å². The van der Waals surface area contributed by atoms with Crippen LogP contribution in [0.1, 0.15) is 31.4 Å². The van der Waals surface area contributed by atoms with Gasteiger partial charge >= 0.3 is 0 Å². The van der Waals surface area contributed by atoms with Crippen LogP contribution in [-0.2, 0) is 4.79 Å². The second-order valence-corrected chi connectivity index (χ2v) is 6.43. The second-order valence-electron chi connectivity index (χ2n) is 6.43. The highest BCUT2D eigenvalue weighted by Gasteiger charge is 2.23. The van der Waals surface area contributed by atoms with Crippen molar-refractivity contribution in [3.8, 4) is 6.07 Å². The van der Waals surface area contributed by atoms with E-state index in [1.165, 1.54) is 19.0 Å². The minimum atomic E-state index is 0.267. The Kier molecular flexibility index (Phi) is 5.59. The molecule has 0 aromatic carbocycles. The lowest BCUT2D eigenvalue weighted by Crippen LogP contribution is -2.50. The molecule has 24 heavy (non-hydrogen) atoms. The van der Waals surface area contributed by atoms with E-state index >= 15 is 0 Å². The van der Waals surface area contributed by atoms with Gasteiger partial charge in [0.1, 0.15) is 11.9 Å². The first-order valence-electron chi connectivity index (χ1n) is 8.73. The number of anilines is 1. The zero-order valence-corrected chi connectivity index (χ0v) is 14.0. The summed E-state index contributed by atoms with van der Waals surface area (Å²) in [6.45, 7) is 5.70. The molecule has 0 unspecified atom stereocenters. The maximum atomic E-state index is 12.5. The molecule has 0 bridgehead atoms. The summed E-state index contributed by atoms with van der Waals surface area (Å²) in [5, 5.41) is 8.77. The predicted molar refractivity (Wildman–Crippen MR) is 90.4 cm³/mol. The maximum absolute atomic E-state index is 12.5. The number of carbonyl (C=O) groups excluding carboxylic acids is 1. The first-order valence-corrected chi connectivity index (χ1v) is 8.73. The molecule has 3 rings (SSSR count). The van der Waals surface area contributed by atoms with Gasteiger partial charge in [0, 0.05) is 39.3 Å². The van der Waals surface area contributed by atoms with Crippen molar-refractivity contribution in [2.75, 3.05) is 50.7 Å². The van der Waals surface area contributed by atoms with Crippen LogP contribution < -0.4 is 4.90 Å². The number of likely N-dealkylation sites (tertiary alicyclic amines) is 1. The van der Waals surface area contributed by atoms with Crippen molar-refractivity contribution < 1.29 is 4.79 Å². The highest BCUT2D eigenvalue weighted by Crippen LogP contribution is 2.14. The summed E-state index contributed by atoms with van der Waals surface area (Å²) in [5.74, 6) is 1.07. The molecule has 7 nitrogen and oxygen atoms in total. The fourth-order valence-electron chi connectivity index (χ4n) is 3.29. The third kappa shape index (κ3) is 4.20. The number of aromatic nitrogens is 2. The van der Waals surface area contributed by atoms with Gasteiger partial charge in [0.15, 0.2) is 5.69 Å². The zero-order chi connectivity index (χ0) is 16.8. The number of hydrogen-bond acceptors (Lipinski definition) is 6. The number of rotatable bonds is 3. The topological polar surface area (TPSA) is 76.4 Å². The number of hydrogen-bond donors (Lipinski definition) is 0. The van der Waals surface area contributed by atoms with Crippen molar-refractivity contribution in [1.82, 2.24) is 19.8 Å². The van der Waals surface area contributed by atoms with Crippen LogP contribution >= 0.6 is 0 Å². The third-order valence-corrected chi connectivity index (χ3v) is 4.77. The van der Waals surface area contributed by atoms with Gasteiger partial charge in [-0.05, 0) is 12.8 Å². The Balaban J connectivity index is 1.47. The molecule has 7 heteroatoms. The van der Waals surface area contributed by atoms with Crippen LogP contribution in [-0.4, -0.2) is 71.5 Å². The van der Waals surface area contributed by atoms with Gasteiger partial charge in [0.2, 0.25) is 5.91 Å². The van der Waals surface area contributed by atoms with Crippen molar-refractivity contribution in [1.29, 1.82) is 5.26 Å². The Morgan fingerprint density at radius 1 is 1.00 bits per heavy atom. The maximum Gasteiger partial charge on any atom is 0.236 e. The van der Waals surface area contributed by atoms with Crippen LogP contribution in [0.25, 0.3) is 0 Å². The summed E-state index contributed by atoms with van der Waals surface area (Å²) < 4.78 is 0. The van der Waals surface area contributed by atoms with E-state index in [4.69, 9.17) is 5.26 Å². The molecule has 0 aliphatic carbocycles. The summed E-state index contributed by atoms with van der Waals surface area (Å²) in [6.07, 6.45) is 7.91. The molecular weight excluding hydrogens is 304 g/mol. The van der Waals surface area contributed by atoms with Crippen molar-refractivity contribution in [3.05, 3.63) is 18.1 Å². The molecule has 1 aromatic heterocycles. The van der Waals surface area contributed by atoms with Gasteiger partial charge in [0.25, 0.3) is 0 Å². The van der Waals surface area contributed by atoms with Crippen LogP contribution in [0.5, 0.6) is 0 Å². The van der Waals surface area contributed by atoms with Crippen LogP contribution in [0.15, 0.2) is 12.4 Å². The molecule has 3 heterocycles. The SMILES string of the molecule is N#Cc1cnc(N2CCN(CC(=O)N3CCCCCC3)CC2)cn1. The standard InChI is InChI=1S/C17H24N6O/c18-11-15-12-20-16(13-19-15)22-9-7-21(8-10-22)14-17(24)23-5-3-1-2-4-6-23/h12-13H,1-10,14H2.